The lowest BCUT2D eigenvalue weighted by molar-refractivity contribution is 0.0793. The highest BCUT2D eigenvalue weighted by molar-refractivity contribution is 6.04. The third-order valence-electron chi connectivity index (χ3n) is 7.27. The van der Waals surface area contributed by atoms with Crippen LogP contribution >= 0.6 is 0 Å². The van der Waals surface area contributed by atoms with Gasteiger partial charge in [-0.1, -0.05) is 0 Å². The smallest absolute Gasteiger partial charge is 0.277 e. The molecule has 0 radical (unpaired) electrons. The number of amides is 1. The quantitative estimate of drug-likeness (QED) is 0.384. The molecule has 9 heteroatoms. The van der Waals surface area contributed by atoms with Crippen LogP contribution in [0.3, 0.4) is 0 Å². The summed E-state index contributed by atoms with van der Waals surface area (Å²) in [5.41, 5.74) is 2.46. The molecule has 36 heavy (non-hydrogen) atoms. The van der Waals surface area contributed by atoms with Crippen LogP contribution in [0, 0.1) is 6.92 Å². The van der Waals surface area contributed by atoms with Crippen LogP contribution in [-0.2, 0) is 5.60 Å². The number of aryl methyl sites for hydroxylation is 1. The predicted molar refractivity (Wildman–Crippen MR) is 136 cm³/mol. The molecule has 2 aliphatic heterocycles. The first-order valence-corrected chi connectivity index (χ1v) is 12.4. The number of carbonyl (C=O) groups is 1. The van der Waals surface area contributed by atoms with Gasteiger partial charge in [0.05, 0.1) is 17.2 Å². The van der Waals surface area contributed by atoms with Crippen molar-refractivity contribution in [3.8, 4) is 11.5 Å². The van der Waals surface area contributed by atoms with Crippen molar-refractivity contribution in [1.29, 1.82) is 0 Å². The fourth-order valence-electron chi connectivity index (χ4n) is 5.51. The lowest BCUT2D eigenvalue weighted by Crippen LogP contribution is -2.38. The van der Waals surface area contributed by atoms with Crippen LogP contribution in [0.15, 0.2) is 47.3 Å². The zero-order valence-corrected chi connectivity index (χ0v) is 20.7. The van der Waals surface area contributed by atoms with E-state index in [-0.39, 0.29) is 5.69 Å². The number of piperidine rings is 1. The molecular formula is C27H30N6O3. The summed E-state index contributed by atoms with van der Waals surface area (Å²) in [4.78, 5) is 21.7. The van der Waals surface area contributed by atoms with Crippen molar-refractivity contribution in [2.75, 3.05) is 5.32 Å². The fourth-order valence-corrected chi connectivity index (χ4v) is 5.51. The fraction of sp³-hybridized carbons (Fsp3) is 0.407. The number of anilines is 1. The Balaban J connectivity index is 1.30. The lowest BCUT2D eigenvalue weighted by atomic mass is 9.95. The first kappa shape index (κ1) is 22.9. The number of oxazole rings is 1. The second kappa shape index (κ2) is 8.53. The Hall–Kier alpha value is -3.56. The second-order valence-corrected chi connectivity index (χ2v) is 10.6. The molecule has 2 fully saturated rings. The lowest BCUT2D eigenvalue weighted by Gasteiger charge is -2.29. The van der Waals surface area contributed by atoms with Crippen LogP contribution in [-0.4, -0.2) is 42.8 Å². The van der Waals surface area contributed by atoms with Gasteiger partial charge in [0.25, 0.3) is 5.91 Å². The first-order valence-electron chi connectivity index (χ1n) is 12.4. The molecule has 4 aromatic rings. The largest absolute Gasteiger partial charge is 0.444 e. The second-order valence-electron chi connectivity index (χ2n) is 10.6. The summed E-state index contributed by atoms with van der Waals surface area (Å²) >= 11 is 0. The zero-order valence-electron chi connectivity index (χ0n) is 20.7. The van der Waals surface area contributed by atoms with Crippen LogP contribution in [0.2, 0.25) is 0 Å². The van der Waals surface area contributed by atoms with Gasteiger partial charge in [-0.3, -0.25) is 14.5 Å². The number of benzene rings is 1. The van der Waals surface area contributed by atoms with Crippen molar-refractivity contribution < 1.29 is 14.3 Å². The molecule has 0 spiro atoms. The van der Waals surface area contributed by atoms with E-state index in [1.807, 2.05) is 25.1 Å². The molecule has 2 atom stereocenters. The summed E-state index contributed by atoms with van der Waals surface area (Å²) in [6.07, 6.45) is 9.65. The number of nitrogens with one attached hydrogen (secondary N) is 2. The molecule has 5 heterocycles. The van der Waals surface area contributed by atoms with Crippen LogP contribution in [0.4, 0.5) is 5.69 Å². The van der Waals surface area contributed by atoms with Crippen molar-refractivity contribution >= 4 is 22.5 Å². The van der Waals surface area contributed by atoms with Gasteiger partial charge < -0.3 is 20.2 Å². The van der Waals surface area contributed by atoms with Gasteiger partial charge >= 0.3 is 0 Å². The summed E-state index contributed by atoms with van der Waals surface area (Å²) in [5.74, 6) is -0.0658. The Morgan fingerprint density at radius 3 is 2.72 bits per heavy atom. The SMILES string of the molecule is Cc1cc(-c2nc(C(=O)Nc3cc4cn(C5CC6CCC(C5)N6)nc4cc3C(C)(C)O)co2)ccn1. The summed E-state index contributed by atoms with van der Waals surface area (Å²) < 4.78 is 7.62. The maximum atomic E-state index is 13.1. The van der Waals surface area contributed by atoms with Crippen molar-refractivity contribution in [1.82, 2.24) is 25.1 Å². The van der Waals surface area contributed by atoms with E-state index in [1.54, 1.807) is 26.1 Å². The van der Waals surface area contributed by atoms with Gasteiger partial charge in [-0.15, -0.1) is 0 Å². The van der Waals surface area contributed by atoms with Gasteiger partial charge in [0.15, 0.2) is 5.69 Å². The minimum Gasteiger partial charge on any atom is -0.444 e. The Bertz CT molecular complexity index is 1440. The average molecular weight is 487 g/mol. The number of carbonyl (C=O) groups excluding carboxylic acids is 1. The number of rotatable bonds is 5. The molecule has 2 unspecified atom stereocenters. The van der Waals surface area contributed by atoms with E-state index in [2.05, 4.69) is 31.5 Å². The molecule has 9 nitrogen and oxygen atoms in total. The molecule has 3 aromatic heterocycles. The van der Waals surface area contributed by atoms with E-state index >= 15 is 0 Å². The number of pyridine rings is 1. The number of nitrogens with zero attached hydrogens (tertiary/aromatic N) is 4. The molecular weight excluding hydrogens is 456 g/mol. The Kier molecular flexibility index (Phi) is 5.42. The summed E-state index contributed by atoms with van der Waals surface area (Å²) in [6, 6.07) is 8.85. The standard InChI is InChI=1S/C27H30N6O3/c1-15-8-16(6-7-28-15)26-31-24(14-36-26)25(34)30-23-9-17-13-33(20-10-18-4-5-19(11-20)29-18)32-22(17)12-21(23)27(2,3)35/h6-9,12-14,18-20,29,35H,4-5,10-11H2,1-3H3,(H,30,34). The highest BCUT2D eigenvalue weighted by Crippen LogP contribution is 2.36. The minimum atomic E-state index is -1.18. The maximum Gasteiger partial charge on any atom is 0.277 e. The van der Waals surface area contributed by atoms with E-state index in [4.69, 9.17) is 9.52 Å². The van der Waals surface area contributed by atoms with Gasteiger partial charge in [-0.2, -0.15) is 5.10 Å². The Morgan fingerprint density at radius 2 is 2.00 bits per heavy atom. The summed E-state index contributed by atoms with van der Waals surface area (Å²) in [6.45, 7) is 5.28. The van der Waals surface area contributed by atoms with Gasteiger partial charge in [-0.25, -0.2) is 4.98 Å². The first-order chi connectivity index (χ1) is 17.2. The maximum absolute atomic E-state index is 13.1. The van der Waals surface area contributed by atoms with Gasteiger partial charge in [-0.05, 0) is 70.7 Å². The van der Waals surface area contributed by atoms with E-state index in [0.29, 0.717) is 35.3 Å². The third kappa shape index (κ3) is 4.29. The zero-order chi connectivity index (χ0) is 25.0. The molecule has 2 saturated heterocycles. The van der Waals surface area contributed by atoms with Crippen LogP contribution < -0.4 is 10.6 Å². The van der Waals surface area contributed by atoms with Gasteiger partial charge in [0.1, 0.15) is 6.26 Å². The van der Waals surface area contributed by atoms with E-state index in [1.165, 1.54) is 19.1 Å². The number of hydrogen-bond donors (Lipinski definition) is 3. The third-order valence-corrected chi connectivity index (χ3v) is 7.27. The molecule has 0 saturated carbocycles. The topological polar surface area (TPSA) is 118 Å². The van der Waals surface area contributed by atoms with Crippen molar-refractivity contribution in [3.63, 3.8) is 0 Å². The van der Waals surface area contributed by atoms with Crippen molar-refractivity contribution in [2.24, 2.45) is 0 Å². The number of aromatic nitrogens is 4. The molecule has 0 aliphatic carbocycles. The Labute approximate surface area is 208 Å². The van der Waals surface area contributed by atoms with Crippen molar-refractivity contribution in [2.45, 2.75) is 70.2 Å². The average Bonchev–Trinajstić information content (AvgIpc) is 3.56. The van der Waals surface area contributed by atoms with E-state index < -0.39 is 11.5 Å². The number of hydrogen-bond acceptors (Lipinski definition) is 7. The van der Waals surface area contributed by atoms with E-state index in [0.717, 1.165) is 35.0 Å². The van der Waals surface area contributed by atoms with E-state index in [9.17, 15) is 9.90 Å². The van der Waals surface area contributed by atoms with Gasteiger partial charge in [0, 0.05) is 52.4 Å². The molecule has 3 N–H and O–H groups in total. The Morgan fingerprint density at radius 1 is 1.22 bits per heavy atom. The molecule has 186 valence electrons. The minimum absolute atomic E-state index is 0.155. The highest BCUT2D eigenvalue weighted by Gasteiger charge is 2.35. The normalized spacial score (nSPS) is 21.7. The number of aliphatic hydroxyl groups is 1. The summed E-state index contributed by atoms with van der Waals surface area (Å²) in [5, 5.41) is 23.3. The van der Waals surface area contributed by atoms with Crippen LogP contribution in [0.5, 0.6) is 0 Å². The number of fused-ring (bicyclic) bond motifs is 3. The van der Waals surface area contributed by atoms with Crippen molar-refractivity contribution in [3.05, 3.63) is 59.9 Å². The molecule has 1 amide bonds. The van der Waals surface area contributed by atoms with Crippen LogP contribution in [0.25, 0.3) is 22.4 Å². The predicted octanol–water partition coefficient (Wildman–Crippen LogP) is 4.33. The highest BCUT2D eigenvalue weighted by atomic mass is 16.3. The molecule has 2 bridgehead atoms. The molecule has 1 aromatic carbocycles. The summed E-state index contributed by atoms with van der Waals surface area (Å²) in [7, 11) is 0. The monoisotopic (exact) mass is 486 g/mol. The molecule has 6 rings (SSSR count). The van der Waals surface area contributed by atoms with Crippen LogP contribution in [0.1, 0.15) is 67.3 Å². The molecule has 2 aliphatic rings. The van der Waals surface area contributed by atoms with Gasteiger partial charge in [0.2, 0.25) is 5.89 Å².